The molecule has 5 heteroatoms. The molecule has 1 amide bonds. The number of hydrogen-bond donors (Lipinski definition) is 1. The Kier molecular flexibility index (Phi) is 4.55. The second-order valence-electron chi connectivity index (χ2n) is 3.65. The third-order valence-corrected chi connectivity index (χ3v) is 2.59. The highest BCUT2D eigenvalue weighted by atomic mass is 16.5. The molecule has 0 aliphatic carbocycles. The first kappa shape index (κ1) is 12.0. The molecule has 1 unspecified atom stereocenters. The summed E-state index contributed by atoms with van der Waals surface area (Å²) in [7, 11) is 0. The van der Waals surface area contributed by atoms with Gasteiger partial charge in [-0.25, -0.2) is 0 Å². The molecule has 1 aliphatic heterocycles. The third-order valence-electron chi connectivity index (χ3n) is 2.59. The number of primary amides is 1. The molecule has 0 aromatic rings. The first-order chi connectivity index (χ1) is 7.15. The van der Waals surface area contributed by atoms with Crippen molar-refractivity contribution in [2.75, 3.05) is 19.7 Å². The van der Waals surface area contributed by atoms with E-state index < -0.39 is 0 Å². The van der Waals surface area contributed by atoms with E-state index in [1.807, 2.05) is 4.90 Å². The predicted molar refractivity (Wildman–Crippen MR) is 55.0 cm³/mol. The quantitative estimate of drug-likeness (QED) is 0.626. The summed E-state index contributed by atoms with van der Waals surface area (Å²) in [5, 5.41) is 0. The van der Waals surface area contributed by atoms with E-state index in [4.69, 9.17) is 10.5 Å². The fourth-order valence-corrected chi connectivity index (χ4v) is 1.69. The lowest BCUT2D eigenvalue weighted by Crippen LogP contribution is -2.54. The molecular formula is C10H18N2O3. The van der Waals surface area contributed by atoms with Crippen LogP contribution in [0.3, 0.4) is 0 Å². The van der Waals surface area contributed by atoms with Crippen LogP contribution in [0.2, 0.25) is 0 Å². The highest BCUT2D eigenvalue weighted by Gasteiger charge is 2.31. The van der Waals surface area contributed by atoms with Gasteiger partial charge in [-0.15, -0.1) is 0 Å². The van der Waals surface area contributed by atoms with E-state index >= 15 is 0 Å². The van der Waals surface area contributed by atoms with Crippen molar-refractivity contribution in [3.63, 3.8) is 0 Å². The summed E-state index contributed by atoms with van der Waals surface area (Å²) in [6.07, 6.45) is 1.98. The molecule has 1 fully saturated rings. The molecule has 5 nitrogen and oxygen atoms in total. The molecule has 0 bridgehead atoms. The van der Waals surface area contributed by atoms with Crippen LogP contribution >= 0.6 is 0 Å². The molecule has 0 radical (unpaired) electrons. The number of carbonyl (C=O) groups is 2. The highest BCUT2D eigenvalue weighted by molar-refractivity contribution is 5.80. The molecule has 0 saturated carbocycles. The second-order valence-corrected chi connectivity index (χ2v) is 3.65. The van der Waals surface area contributed by atoms with Crippen LogP contribution < -0.4 is 5.73 Å². The maximum absolute atomic E-state index is 11.0. The molecule has 1 aliphatic rings. The summed E-state index contributed by atoms with van der Waals surface area (Å²) in [6.45, 7) is 3.85. The number of carbonyl (C=O) groups excluding carboxylic acids is 2. The van der Waals surface area contributed by atoms with Gasteiger partial charge in [0.1, 0.15) is 0 Å². The van der Waals surface area contributed by atoms with E-state index in [-0.39, 0.29) is 17.9 Å². The summed E-state index contributed by atoms with van der Waals surface area (Å²) in [4.78, 5) is 23.9. The van der Waals surface area contributed by atoms with Crippen LogP contribution in [-0.4, -0.2) is 42.5 Å². The lowest BCUT2D eigenvalue weighted by atomic mass is 10.0. The Balaban J connectivity index is 2.10. The Labute approximate surface area is 89.6 Å². The van der Waals surface area contributed by atoms with Gasteiger partial charge in [-0.1, -0.05) is 0 Å². The average molecular weight is 214 g/mol. The number of nitrogens with two attached hydrogens (primary N) is 1. The smallest absolute Gasteiger partial charge is 0.305 e. The Hall–Kier alpha value is -1.10. The summed E-state index contributed by atoms with van der Waals surface area (Å²) in [5.74, 6) is -0.439. The fourth-order valence-electron chi connectivity index (χ4n) is 1.69. The monoisotopic (exact) mass is 214 g/mol. The normalized spacial score (nSPS) is 20.7. The zero-order valence-electron chi connectivity index (χ0n) is 9.07. The standard InChI is InChI=1S/C10H18N2O3/c1-2-15-9(13)4-3-6-12-7-5-8(12)10(11)14/h8H,2-7H2,1H3,(H2,11,14). The number of amides is 1. The van der Waals surface area contributed by atoms with Crippen LogP contribution in [0, 0.1) is 0 Å². The van der Waals surface area contributed by atoms with E-state index in [1.54, 1.807) is 6.92 Å². The first-order valence-electron chi connectivity index (χ1n) is 5.34. The molecule has 0 spiro atoms. The second kappa shape index (κ2) is 5.70. The zero-order chi connectivity index (χ0) is 11.3. The van der Waals surface area contributed by atoms with Crippen LogP contribution in [0.15, 0.2) is 0 Å². The van der Waals surface area contributed by atoms with Crippen LogP contribution in [-0.2, 0) is 14.3 Å². The number of esters is 1. The minimum absolute atomic E-state index is 0.118. The highest BCUT2D eigenvalue weighted by Crippen LogP contribution is 2.17. The van der Waals surface area contributed by atoms with Gasteiger partial charge in [-0.3, -0.25) is 14.5 Å². The van der Waals surface area contributed by atoms with Crippen molar-refractivity contribution in [2.24, 2.45) is 5.73 Å². The van der Waals surface area contributed by atoms with Crippen LogP contribution in [0.5, 0.6) is 0 Å². The molecular weight excluding hydrogens is 196 g/mol. The molecule has 0 aromatic carbocycles. The van der Waals surface area contributed by atoms with Crippen molar-refractivity contribution in [3.05, 3.63) is 0 Å². The molecule has 1 rings (SSSR count). The Morgan fingerprint density at radius 3 is 2.73 bits per heavy atom. The van der Waals surface area contributed by atoms with Gasteiger partial charge >= 0.3 is 5.97 Å². The minimum Gasteiger partial charge on any atom is -0.466 e. The van der Waals surface area contributed by atoms with Gasteiger partial charge in [0.25, 0.3) is 0 Å². The largest absolute Gasteiger partial charge is 0.466 e. The first-order valence-corrected chi connectivity index (χ1v) is 5.34. The average Bonchev–Trinajstić information content (AvgIpc) is 2.09. The van der Waals surface area contributed by atoms with Crippen molar-refractivity contribution in [1.82, 2.24) is 4.90 Å². The van der Waals surface area contributed by atoms with Crippen LogP contribution in [0.25, 0.3) is 0 Å². The summed E-state index contributed by atoms with van der Waals surface area (Å²) in [6, 6.07) is -0.118. The van der Waals surface area contributed by atoms with Crippen LogP contribution in [0.1, 0.15) is 26.2 Å². The number of ether oxygens (including phenoxy) is 1. The molecule has 15 heavy (non-hydrogen) atoms. The molecule has 1 heterocycles. The minimum atomic E-state index is -0.266. The number of likely N-dealkylation sites (tertiary alicyclic amines) is 1. The van der Waals surface area contributed by atoms with Crippen molar-refractivity contribution in [1.29, 1.82) is 0 Å². The van der Waals surface area contributed by atoms with Crippen LogP contribution in [0.4, 0.5) is 0 Å². The van der Waals surface area contributed by atoms with Gasteiger partial charge in [0.05, 0.1) is 12.6 Å². The fraction of sp³-hybridized carbons (Fsp3) is 0.800. The van der Waals surface area contributed by atoms with Gasteiger partial charge in [-0.2, -0.15) is 0 Å². The van der Waals surface area contributed by atoms with E-state index in [2.05, 4.69) is 0 Å². The molecule has 0 aromatic heterocycles. The maximum Gasteiger partial charge on any atom is 0.305 e. The molecule has 86 valence electrons. The van der Waals surface area contributed by atoms with Crippen molar-refractivity contribution < 1.29 is 14.3 Å². The van der Waals surface area contributed by atoms with Crippen molar-refractivity contribution in [2.45, 2.75) is 32.2 Å². The van der Waals surface area contributed by atoms with Gasteiger partial charge in [0.15, 0.2) is 0 Å². The number of rotatable bonds is 6. The number of hydrogen-bond acceptors (Lipinski definition) is 4. The maximum atomic E-state index is 11.0. The predicted octanol–water partition coefficient (Wildman–Crippen LogP) is -0.111. The summed E-state index contributed by atoms with van der Waals surface area (Å²) in [5.41, 5.74) is 5.20. The summed E-state index contributed by atoms with van der Waals surface area (Å²) < 4.78 is 4.80. The van der Waals surface area contributed by atoms with E-state index in [0.717, 1.165) is 25.9 Å². The van der Waals surface area contributed by atoms with Gasteiger partial charge in [0.2, 0.25) is 5.91 Å². The molecule has 1 atom stereocenters. The lowest BCUT2D eigenvalue weighted by molar-refractivity contribution is -0.143. The molecule has 2 N–H and O–H groups in total. The van der Waals surface area contributed by atoms with Crippen molar-refractivity contribution >= 4 is 11.9 Å². The zero-order valence-corrected chi connectivity index (χ0v) is 9.07. The van der Waals surface area contributed by atoms with Gasteiger partial charge in [0, 0.05) is 13.0 Å². The van der Waals surface area contributed by atoms with E-state index in [1.165, 1.54) is 0 Å². The van der Waals surface area contributed by atoms with Crippen molar-refractivity contribution in [3.8, 4) is 0 Å². The lowest BCUT2D eigenvalue weighted by Gasteiger charge is -2.38. The third kappa shape index (κ3) is 3.51. The van der Waals surface area contributed by atoms with E-state index in [0.29, 0.717) is 13.0 Å². The Bertz CT molecular complexity index is 243. The number of nitrogens with zero attached hydrogens (tertiary/aromatic N) is 1. The van der Waals surface area contributed by atoms with E-state index in [9.17, 15) is 9.59 Å². The SMILES string of the molecule is CCOC(=O)CCCN1CCC1C(N)=O. The molecule has 1 saturated heterocycles. The van der Waals surface area contributed by atoms with Gasteiger partial charge in [-0.05, 0) is 26.3 Å². The van der Waals surface area contributed by atoms with Gasteiger partial charge < -0.3 is 10.5 Å². The Morgan fingerprint density at radius 1 is 1.53 bits per heavy atom. The Morgan fingerprint density at radius 2 is 2.27 bits per heavy atom. The summed E-state index contributed by atoms with van der Waals surface area (Å²) >= 11 is 0. The topological polar surface area (TPSA) is 72.6 Å².